The normalized spacial score (nSPS) is 17.0. The minimum absolute atomic E-state index is 0. The summed E-state index contributed by atoms with van der Waals surface area (Å²) in [6.07, 6.45) is 0. The van der Waals surface area contributed by atoms with E-state index in [1.807, 2.05) is 4.90 Å². The number of benzene rings is 1. The first-order valence-electron chi connectivity index (χ1n) is 6.63. The first kappa shape index (κ1) is 17.9. The van der Waals surface area contributed by atoms with E-state index in [0.29, 0.717) is 30.2 Å². The maximum absolute atomic E-state index is 14.2. The van der Waals surface area contributed by atoms with Crippen LogP contribution < -0.4 is 14.8 Å². The van der Waals surface area contributed by atoms with Crippen molar-refractivity contribution in [3.63, 3.8) is 0 Å². The van der Waals surface area contributed by atoms with Crippen LogP contribution in [0.2, 0.25) is 0 Å². The van der Waals surface area contributed by atoms with E-state index in [-0.39, 0.29) is 12.4 Å². The summed E-state index contributed by atoms with van der Waals surface area (Å²) in [6.45, 7) is 2.33. The van der Waals surface area contributed by atoms with Crippen molar-refractivity contribution in [1.29, 1.82) is 0 Å². The van der Waals surface area contributed by atoms with Crippen molar-refractivity contribution in [2.24, 2.45) is 0 Å². The van der Waals surface area contributed by atoms with E-state index in [4.69, 9.17) is 9.47 Å². The highest BCUT2D eigenvalue weighted by Gasteiger charge is 2.26. The van der Waals surface area contributed by atoms with Crippen molar-refractivity contribution in [2.45, 2.75) is 6.04 Å². The van der Waals surface area contributed by atoms with Crippen LogP contribution >= 0.6 is 12.4 Å². The average molecular weight is 323 g/mol. The highest BCUT2D eigenvalue weighted by molar-refractivity contribution is 5.85. The molecule has 1 aliphatic rings. The Hall–Kier alpha value is -1.11. The number of rotatable bonds is 5. The van der Waals surface area contributed by atoms with Crippen LogP contribution in [-0.2, 0) is 0 Å². The number of nitrogens with zero attached hydrogens (tertiary/aromatic N) is 1. The monoisotopic (exact) mass is 322 g/mol. The van der Waals surface area contributed by atoms with E-state index >= 15 is 0 Å². The van der Waals surface area contributed by atoms with Gasteiger partial charge in [-0.05, 0) is 6.07 Å². The van der Waals surface area contributed by atoms with Crippen molar-refractivity contribution in [3.05, 3.63) is 23.5 Å². The highest BCUT2D eigenvalue weighted by Crippen LogP contribution is 2.34. The number of alkyl halides is 1. The van der Waals surface area contributed by atoms with Crippen molar-refractivity contribution < 1.29 is 18.3 Å². The third kappa shape index (κ3) is 3.96. The van der Waals surface area contributed by atoms with E-state index < -0.39 is 18.5 Å². The molecule has 1 N–H and O–H groups in total. The maximum atomic E-state index is 14.2. The Morgan fingerprint density at radius 1 is 1.19 bits per heavy atom. The smallest absolute Gasteiger partial charge is 0.163 e. The third-order valence-electron chi connectivity index (χ3n) is 3.60. The van der Waals surface area contributed by atoms with Gasteiger partial charge in [0.15, 0.2) is 11.5 Å². The Balaban J connectivity index is 0.00000220. The first-order valence-corrected chi connectivity index (χ1v) is 6.63. The van der Waals surface area contributed by atoms with E-state index in [1.54, 1.807) is 0 Å². The molecule has 7 heteroatoms. The van der Waals surface area contributed by atoms with Crippen LogP contribution in [0.4, 0.5) is 8.78 Å². The summed E-state index contributed by atoms with van der Waals surface area (Å²) in [5.74, 6) is 0.257. The number of hydrogen-bond acceptors (Lipinski definition) is 4. The summed E-state index contributed by atoms with van der Waals surface area (Å²) in [6, 6.07) is 2.19. The number of methoxy groups -OCH3 is 2. The molecule has 1 aromatic carbocycles. The molecule has 0 aromatic heterocycles. The number of nitrogens with one attached hydrogen (secondary N) is 1. The van der Waals surface area contributed by atoms with Crippen molar-refractivity contribution in [3.8, 4) is 11.5 Å². The predicted octanol–water partition coefficient (Wildman–Crippen LogP) is 2.18. The van der Waals surface area contributed by atoms with Crippen LogP contribution in [0.25, 0.3) is 0 Å². The van der Waals surface area contributed by atoms with Gasteiger partial charge in [-0.3, -0.25) is 4.90 Å². The van der Waals surface area contributed by atoms with Crippen LogP contribution in [0.5, 0.6) is 11.5 Å². The Morgan fingerprint density at radius 3 is 2.29 bits per heavy atom. The average Bonchev–Trinajstić information content (AvgIpc) is 2.50. The molecule has 2 rings (SSSR count). The van der Waals surface area contributed by atoms with Crippen molar-refractivity contribution >= 4 is 12.4 Å². The van der Waals surface area contributed by atoms with E-state index in [0.717, 1.165) is 13.1 Å². The van der Waals surface area contributed by atoms with Gasteiger partial charge in [-0.15, -0.1) is 12.4 Å². The fraction of sp³-hybridized carbons (Fsp3) is 0.571. The lowest BCUT2D eigenvalue weighted by Gasteiger charge is -2.34. The minimum atomic E-state index is -0.633. The summed E-state index contributed by atoms with van der Waals surface area (Å²) in [5, 5.41) is 3.20. The maximum Gasteiger partial charge on any atom is 0.163 e. The molecule has 0 radical (unpaired) electrons. The molecule has 0 saturated carbocycles. The van der Waals surface area contributed by atoms with Crippen LogP contribution in [0.3, 0.4) is 0 Å². The van der Waals surface area contributed by atoms with Gasteiger partial charge in [0.05, 0.1) is 20.3 Å². The SMILES string of the molecule is COc1cc(F)c([C@H](CF)N2CCNCC2)cc1OC.Cl. The topological polar surface area (TPSA) is 33.7 Å². The minimum Gasteiger partial charge on any atom is -0.493 e. The number of halogens is 3. The molecule has 0 amide bonds. The predicted molar refractivity (Wildman–Crippen MR) is 79.9 cm³/mol. The molecular formula is C14H21ClF2N2O2. The van der Waals surface area contributed by atoms with Crippen molar-refractivity contribution in [2.75, 3.05) is 47.1 Å². The van der Waals surface area contributed by atoms with Gasteiger partial charge in [-0.1, -0.05) is 0 Å². The summed E-state index contributed by atoms with van der Waals surface area (Å²) in [4.78, 5) is 1.95. The first-order chi connectivity index (χ1) is 9.71. The van der Waals surface area contributed by atoms with Crippen molar-refractivity contribution in [1.82, 2.24) is 10.2 Å². The summed E-state index contributed by atoms with van der Waals surface area (Å²) in [7, 11) is 2.93. The van der Waals surface area contributed by atoms with E-state index in [1.165, 1.54) is 26.4 Å². The molecule has 0 bridgehead atoms. The molecule has 1 saturated heterocycles. The Kier molecular flexibility index (Phi) is 7.14. The quantitative estimate of drug-likeness (QED) is 0.901. The second-order valence-corrected chi connectivity index (χ2v) is 4.68. The molecular weight excluding hydrogens is 302 g/mol. The molecule has 1 aliphatic heterocycles. The lowest BCUT2D eigenvalue weighted by Crippen LogP contribution is -2.45. The summed E-state index contributed by atoms with van der Waals surface area (Å²) < 4.78 is 37.8. The van der Waals surface area contributed by atoms with Gasteiger partial charge >= 0.3 is 0 Å². The Morgan fingerprint density at radius 2 is 1.76 bits per heavy atom. The van der Waals surface area contributed by atoms with Gasteiger partial charge in [-0.2, -0.15) is 0 Å². The van der Waals surface area contributed by atoms with Crippen LogP contribution in [0, 0.1) is 5.82 Å². The number of ether oxygens (including phenoxy) is 2. The summed E-state index contributed by atoms with van der Waals surface area (Å²) >= 11 is 0. The van der Waals surface area contributed by atoms with Gasteiger partial charge in [-0.25, -0.2) is 8.78 Å². The molecule has 0 aliphatic carbocycles. The zero-order valence-corrected chi connectivity index (χ0v) is 13.0. The number of hydrogen-bond donors (Lipinski definition) is 1. The third-order valence-corrected chi connectivity index (χ3v) is 3.60. The van der Waals surface area contributed by atoms with Gasteiger partial charge in [0.25, 0.3) is 0 Å². The van der Waals surface area contributed by atoms with Crippen LogP contribution in [-0.4, -0.2) is 52.0 Å². The fourth-order valence-corrected chi connectivity index (χ4v) is 2.50. The fourth-order valence-electron chi connectivity index (χ4n) is 2.50. The van der Waals surface area contributed by atoms with Crippen LogP contribution in [0.15, 0.2) is 12.1 Å². The molecule has 1 fully saturated rings. The van der Waals surface area contributed by atoms with E-state index in [9.17, 15) is 8.78 Å². The van der Waals surface area contributed by atoms with Gasteiger partial charge < -0.3 is 14.8 Å². The molecule has 1 atom stereocenters. The van der Waals surface area contributed by atoms with Gasteiger partial charge in [0, 0.05) is 37.8 Å². The highest BCUT2D eigenvalue weighted by atomic mass is 35.5. The zero-order valence-electron chi connectivity index (χ0n) is 12.2. The molecule has 1 heterocycles. The molecule has 120 valence electrons. The van der Waals surface area contributed by atoms with Gasteiger partial charge in [0.1, 0.15) is 12.5 Å². The summed E-state index contributed by atoms with van der Waals surface area (Å²) in [5.41, 5.74) is 0.312. The second-order valence-electron chi connectivity index (χ2n) is 4.68. The largest absolute Gasteiger partial charge is 0.493 e. The molecule has 4 nitrogen and oxygen atoms in total. The number of piperazine rings is 1. The Bertz CT molecular complexity index is 457. The standard InChI is InChI=1S/C14H20F2N2O2.ClH/c1-19-13-7-10(11(16)8-14(13)20-2)12(9-15)18-5-3-17-4-6-18;/h7-8,12,17H,3-6,9H2,1-2H3;1H/t12-;/m0./s1. The van der Waals surface area contributed by atoms with Crippen LogP contribution in [0.1, 0.15) is 11.6 Å². The molecule has 1 aromatic rings. The lowest BCUT2D eigenvalue weighted by molar-refractivity contribution is 0.144. The molecule has 0 unspecified atom stereocenters. The van der Waals surface area contributed by atoms with E-state index in [2.05, 4.69) is 5.32 Å². The molecule has 21 heavy (non-hydrogen) atoms. The Labute approximate surface area is 129 Å². The zero-order chi connectivity index (χ0) is 14.5. The lowest BCUT2D eigenvalue weighted by atomic mass is 10.0. The second kappa shape index (κ2) is 8.36. The van der Waals surface area contributed by atoms with Gasteiger partial charge in [0.2, 0.25) is 0 Å². The molecule has 0 spiro atoms.